The molecule has 1 aliphatic heterocycles. The zero-order valence-electron chi connectivity index (χ0n) is 9.15. The van der Waals surface area contributed by atoms with E-state index < -0.39 is 0 Å². The summed E-state index contributed by atoms with van der Waals surface area (Å²) < 4.78 is 5.00. The fourth-order valence-electron chi connectivity index (χ4n) is 1.73. The average Bonchev–Trinajstić information content (AvgIpc) is 2.56. The number of rotatable bonds is 2. The summed E-state index contributed by atoms with van der Waals surface area (Å²) in [4.78, 5) is 17.9. The molecule has 0 saturated heterocycles. The van der Waals surface area contributed by atoms with Gasteiger partial charge in [0, 0.05) is 30.4 Å². The van der Waals surface area contributed by atoms with Crippen LogP contribution in [-0.4, -0.2) is 28.9 Å². The van der Waals surface area contributed by atoms with Gasteiger partial charge in [0.1, 0.15) is 0 Å². The molecule has 1 aromatic heterocycles. The number of hydrogen-bond acceptors (Lipinski definition) is 3. The van der Waals surface area contributed by atoms with E-state index in [0.29, 0.717) is 12.4 Å². The molecule has 0 unspecified atom stereocenters. The standard InChI is InChI=1S/C11H14N2O2/c1-7(2)13-6-8-5-12-10(15-3)4-9(8)11(13)14/h4-5,7H,6H2,1-3H3. The van der Waals surface area contributed by atoms with Crippen LogP contribution in [0.4, 0.5) is 0 Å². The van der Waals surface area contributed by atoms with Gasteiger partial charge < -0.3 is 9.64 Å². The summed E-state index contributed by atoms with van der Waals surface area (Å²) in [6, 6.07) is 1.93. The van der Waals surface area contributed by atoms with Crippen molar-refractivity contribution in [3.05, 3.63) is 23.4 Å². The predicted molar refractivity (Wildman–Crippen MR) is 55.8 cm³/mol. The zero-order chi connectivity index (χ0) is 11.0. The number of fused-ring (bicyclic) bond motifs is 1. The maximum absolute atomic E-state index is 11.9. The maximum Gasteiger partial charge on any atom is 0.254 e. The van der Waals surface area contributed by atoms with Crippen LogP contribution in [0.25, 0.3) is 0 Å². The number of carbonyl (C=O) groups is 1. The molecule has 0 saturated carbocycles. The summed E-state index contributed by atoms with van der Waals surface area (Å²) >= 11 is 0. The fraction of sp³-hybridized carbons (Fsp3) is 0.455. The lowest BCUT2D eigenvalue weighted by atomic mass is 10.2. The highest BCUT2D eigenvalue weighted by Gasteiger charge is 2.29. The van der Waals surface area contributed by atoms with E-state index in [4.69, 9.17) is 4.74 Å². The summed E-state index contributed by atoms with van der Waals surface area (Å²) in [6.45, 7) is 4.67. The van der Waals surface area contributed by atoms with E-state index >= 15 is 0 Å². The first-order valence-corrected chi connectivity index (χ1v) is 4.97. The fourth-order valence-corrected chi connectivity index (χ4v) is 1.73. The first-order valence-electron chi connectivity index (χ1n) is 4.97. The van der Waals surface area contributed by atoms with Crippen molar-refractivity contribution < 1.29 is 9.53 Å². The highest BCUT2D eigenvalue weighted by molar-refractivity contribution is 5.98. The maximum atomic E-state index is 11.9. The average molecular weight is 206 g/mol. The zero-order valence-corrected chi connectivity index (χ0v) is 9.15. The molecule has 4 nitrogen and oxygen atoms in total. The van der Waals surface area contributed by atoms with Crippen molar-refractivity contribution in [1.29, 1.82) is 0 Å². The Morgan fingerprint density at radius 2 is 2.27 bits per heavy atom. The number of nitrogens with zero attached hydrogens (tertiary/aromatic N) is 2. The second-order valence-corrected chi connectivity index (χ2v) is 3.91. The molecule has 80 valence electrons. The van der Waals surface area contributed by atoms with Crippen LogP contribution >= 0.6 is 0 Å². The molecule has 0 aromatic carbocycles. The summed E-state index contributed by atoms with van der Waals surface area (Å²) in [5.41, 5.74) is 1.70. The van der Waals surface area contributed by atoms with E-state index in [1.165, 1.54) is 0 Å². The molecule has 0 atom stereocenters. The third kappa shape index (κ3) is 1.56. The Labute approximate surface area is 88.9 Å². The third-order valence-corrected chi connectivity index (χ3v) is 2.63. The lowest BCUT2D eigenvalue weighted by molar-refractivity contribution is 0.0730. The third-order valence-electron chi connectivity index (χ3n) is 2.63. The number of methoxy groups -OCH3 is 1. The molecule has 2 rings (SSSR count). The second-order valence-electron chi connectivity index (χ2n) is 3.91. The molecule has 1 aliphatic rings. The molecular formula is C11H14N2O2. The van der Waals surface area contributed by atoms with Crippen molar-refractivity contribution in [3.8, 4) is 5.88 Å². The molecule has 0 bridgehead atoms. The van der Waals surface area contributed by atoms with Crippen LogP contribution in [0.2, 0.25) is 0 Å². The van der Waals surface area contributed by atoms with E-state index in [-0.39, 0.29) is 11.9 Å². The number of amides is 1. The second kappa shape index (κ2) is 3.53. The van der Waals surface area contributed by atoms with Gasteiger partial charge >= 0.3 is 0 Å². The monoisotopic (exact) mass is 206 g/mol. The van der Waals surface area contributed by atoms with Crippen LogP contribution in [0.15, 0.2) is 12.3 Å². The minimum Gasteiger partial charge on any atom is -0.481 e. The first kappa shape index (κ1) is 9.96. The molecule has 0 N–H and O–H groups in total. The Bertz CT molecular complexity index is 402. The van der Waals surface area contributed by atoms with E-state index in [1.807, 2.05) is 18.7 Å². The number of hydrogen-bond donors (Lipinski definition) is 0. The Kier molecular flexibility index (Phi) is 2.34. The lowest BCUT2D eigenvalue weighted by Gasteiger charge is -2.19. The number of aromatic nitrogens is 1. The molecule has 1 aromatic rings. The first-order chi connectivity index (χ1) is 7.13. The smallest absolute Gasteiger partial charge is 0.254 e. The van der Waals surface area contributed by atoms with Gasteiger partial charge in [0.2, 0.25) is 5.88 Å². The molecule has 0 aliphatic carbocycles. The Morgan fingerprint density at radius 3 is 2.87 bits per heavy atom. The van der Waals surface area contributed by atoms with Crippen LogP contribution in [-0.2, 0) is 6.54 Å². The minimum atomic E-state index is 0.0701. The SMILES string of the molecule is COc1cc2c(cn1)CN(C(C)C)C2=O. The van der Waals surface area contributed by atoms with Gasteiger partial charge in [-0.1, -0.05) is 0 Å². The quantitative estimate of drug-likeness (QED) is 0.735. The molecule has 2 heterocycles. The van der Waals surface area contributed by atoms with Gasteiger partial charge in [-0.05, 0) is 13.8 Å². The van der Waals surface area contributed by atoms with Crippen LogP contribution in [0.5, 0.6) is 5.88 Å². The summed E-state index contributed by atoms with van der Waals surface area (Å²) in [5, 5.41) is 0. The Balaban J connectivity index is 2.38. The van der Waals surface area contributed by atoms with Crippen molar-refractivity contribution >= 4 is 5.91 Å². The van der Waals surface area contributed by atoms with Gasteiger partial charge in [-0.2, -0.15) is 0 Å². The van der Waals surface area contributed by atoms with Crippen LogP contribution in [0.1, 0.15) is 29.8 Å². The largest absolute Gasteiger partial charge is 0.481 e. The molecule has 1 amide bonds. The predicted octanol–water partition coefficient (Wildman–Crippen LogP) is 1.45. The summed E-state index contributed by atoms with van der Waals surface area (Å²) in [5.74, 6) is 0.563. The molecular weight excluding hydrogens is 192 g/mol. The van der Waals surface area contributed by atoms with Gasteiger partial charge in [-0.3, -0.25) is 4.79 Å². The number of ether oxygens (including phenoxy) is 1. The highest BCUT2D eigenvalue weighted by atomic mass is 16.5. The molecule has 15 heavy (non-hydrogen) atoms. The van der Waals surface area contributed by atoms with Crippen molar-refractivity contribution in [2.24, 2.45) is 0 Å². The molecule has 0 fully saturated rings. The van der Waals surface area contributed by atoms with Gasteiger partial charge in [-0.15, -0.1) is 0 Å². The van der Waals surface area contributed by atoms with Crippen LogP contribution < -0.4 is 4.74 Å². The van der Waals surface area contributed by atoms with Gasteiger partial charge in [0.25, 0.3) is 5.91 Å². The van der Waals surface area contributed by atoms with Crippen molar-refractivity contribution in [2.75, 3.05) is 7.11 Å². The van der Waals surface area contributed by atoms with E-state index in [0.717, 1.165) is 11.1 Å². The van der Waals surface area contributed by atoms with Crippen molar-refractivity contribution in [3.63, 3.8) is 0 Å². The molecule has 4 heteroatoms. The number of pyridine rings is 1. The van der Waals surface area contributed by atoms with E-state index in [2.05, 4.69) is 4.98 Å². The Hall–Kier alpha value is -1.58. The topological polar surface area (TPSA) is 42.4 Å². The minimum absolute atomic E-state index is 0.0701. The molecule has 0 radical (unpaired) electrons. The normalized spacial score (nSPS) is 14.7. The van der Waals surface area contributed by atoms with Crippen LogP contribution in [0, 0.1) is 0 Å². The number of carbonyl (C=O) groups excluding carboxylic acids is 1. The summed E-state index contributed by atoms with van der Waals surface area (Å²) in [7, 11) is 1.55. The molecule has 0 spiro atoms. The van der Waals surface area contributed by atoms with Gasteiger partial charge in [-0.25, -0.2) is 4.98 Å². The van der Waals surface area contributed by atoms with Gasteiger partial charge in [0.05, 0.1) is 12.7 Å². The Morgan fingerprint density at radius 1 is 1.53 bits per heavy atom. The van der Waals surface area contributed by atoms with Gasteiger partial charge in [0.15, 0.2) is 0 Å². The summed E-state index contributed by atoms with van der Waals surface area (Å²) in [6.07, 6.45) is 1.72. The van der Waals surface area contributed by atoms with Crippen molar-refractivity contribution in [2.45, 2.75) is 26.4 Å². The lowest BCUT2D eigenvalue weighted by Crippen LogP contribution is -2.30. The van der Waals surface area contributed by atoms with E-state index in [1.54, 1.807) is 19.4 Å². The van der Waals surface area contributed by atoms with E-state index in [9.17, 15) is 4.79 Å². The van der Waals surface area contributed by atoms with Crippen molar-refractivity contribution in [1.82, 2.24) is 9.88 Å². The van der Waals surface area contributed by atoms with Crippen LogP contribution in [0.3, 0.4) is 0 Å². The highest BCUT2D eigenvalue weighted by Crippen LogP contribution is 2.26.